The summed E-state index contributed by atoms with van der Waals surface area (Å²) < 4.78 is 12.9. The monoisotopic (exact) mass is 285 g/mol. The van der Waals surface area contributed by atoms with Gasteiger partial charge in [0.15, 0.2) is 0 Å². The van der Waals surface area contributed by atoms with Crippen molar-refractivity contribution in [1.29, 1.82) is 0 Å². The van der Waals surface area contributed by atoms with Gasteiger partial charge in [-0.25, -0.2) is 4.39 Å². The Morgan fingerprint density at radius 3 is 2.29 bits per heavy atom. The molecule has 0 saturated carbocycles. The molecule has 0 aliphatic heterocycles. The highest BCUT2D eigenvalue weighted by Crippen LogP contribution is 2.28. The van der Waals surface area contributed by atoms with E-state index in [9.17, 15) is 9.18 Å². The third kappa shape index (κ3) is 3.91. The Labute approximate surface area is 125 Å². The molecule has 0 aliphatic carbocycles. The molecule has 2 atom stereocenters. The molecule has 3 heteroatoms. The number of hydrogen-bond donors (Lipinski definition) is 1. The molecule has 0 heterocycles. The average molecular weight is 285 g/mol. The van der Waals surface area contributed by atoms with E-state index in [0.29, 0.717) is 5.69 Å². The predicted octanol–water partition coefficient (Wildman–Crippen LogP) is 4.59. The maximum absolute atomic E-state index is 12.9. The van der Waals surface area contributed by atoms with Crippen LogP contribution in [0.2, 0.25) is 0 Å². The second-order valence-electron chi connectivity index (χ2n) is 5.27. The third-order valence-electron chi connectivity index (χ3n) is 3.77. The molecule has 0 spiro atoms. The van der Waals surface area contributed by atoms with Crippen LogP contribution in [0.5, 0.6) is 0 Å². The molecule has 0 radical (unpaired) electrons. The summed E-state index contributed by atoms with van der Waals surface area (Å²) in [5.41, 5.74) is 1.62. The van der Waals surface area contributed by atoms with Crippen LogP contribution < -0.4 is 5.32 Å². The molecule has 110 valence electrons. The highest BCUT2D eigenvalue weighted by Gasteiger charge is 2.25. The highest BCUT2D eigenvalue weighted by molar-refractivity contribution is 5.96. The van der Waals surface area contributed by atoms with E-state index >= 15 is 0 Å². The van der Waals surface area contributed by atoms with Gasteiger partial charge in [-0.1, -0.05) is 50.6 Å². The Balaban J connectivity index is 2.20. The van der Waals surface area contributed by atoms with Crippen LogP contribution in [0, 0.1) is 11.7 Å². The number of amides is 1. The molecule has 2 aromatic rings. The van der Waals surface area contributed by atoms with E-state index in [0.717, 1.165) is 12.0 Å². The molecule has 2 rings (SSSR count). The summed E-state index contributed by atoms with van der Waals surface area (Å²) >= 11 is 0. The summed E-state index contributed by atoms with van der Waals surface area (Å²) in [6, 6.07) is 15.6. The molecule has 0 aromatic heterocycles. The molecule has 2 aromatic carbocycles. The van der Waals surface area contributed by atoms with E-state index in [1.807, 2.05) is 30.3 Å². The van der Waals surface area contributed by atoms with Gasteiger partial charge in [-0.15, -0.1) is 0 Å². The normalized spacial score (nSPS) is 13.5. The first-order valence-electron chi connectivity index (χ1n) is 7.23. The van der Waals surface area contributed by atoms with Gasteiger partial charge < -0.3 is 5.32 Å². The van der Waals surface area contributed by atoms with Crippen molar-refractivity contribution in [3.63, 3.8) is 0 Å². The third-order valence-corrected chi connectivity index (χ3v) is 3.77. The topological polar surface area (TPSA) is 29.1 Å². The fourth-order valence-corrected chi connectivity index (χ4v) is 2.39. The van der Waals surface area contributed by atoms with Crippen molar-refractivity contribution < 1.29 is 9.18 Å². The minimum atomic E-state index is -0.311. The standard InChI is InChI=1S/C18H20FNO/c1-3-13(2)17(14-7-5-4-6-8-14)18(21)20-16-11-9-15(19)10-12-16/h4-13,17H,3H2,1-2H3,(H,20,21)/t13-,17-/m1/s1. The van der Waals surface area contributed by atoms with Crippen molar-refractivity contribution in [2.45, 2.75) is 26.2 Å². The van der Waals surface area contributed by atoms with Gasteiger partial charge in [-0.2, -0.15) is 0 Å². The van der Waals surface area contributed by atoms with Crippen molar-refractivity contribution in [2.75, 3.05) is 5.32 Å². The molecule has 0 fully saturated rings. The van der Waals surface area contributed by atoms with Crippen LogP contribution in [0.25, 0.3) is 0 Å². The van der Waals surface area contributed by atoms with Gasteiger partial charge in [0.1, 0.15) is 5.82 Å². The minimum Gasteiger partial charge on any atom is -0.326 e. The lowest BCUT2D eigenvalue weighted by Crippen LogP contribution is -2.26. The molecule has 21 heavy (non-hydrogen) atoms. The SMILES string of the molecule is CC[C@@H](C)[C@@H](C(=O)Nc1ccc(F)cc1)c1ccccc1. The second kappa shape index (κ2) is 7.02. The lowest BCUT2D eigenvalue weighted by atomic mass is 9.85. The number of hydrogen-bond acceptors (Lipinski definition) is 1. The first-order chi connectivity index (χ1) is 10.1. The van der Waals surface area contributed by atoms with Crippen LogP contribution >= 0.6 is 0 Å². The van der Waals surface area contributed by atoms with Crippen molar-refractivity contribution in [2.24, 2.45) is 5.92 Å². The van der Waals surface area contributed by atoms with Gasteiger partial charge in [0, 0.05) is 5.69 Å². The fraction of sp³-hybridized carbons (Fsp3) is 0.278. The van der Waals surface area contributed by atoms with Crippen molar-refractivity contribution in [1.82, 2.24) is 0 Å². The summed E-state index contributed by atoms with van der Waals surface area (Å²) in [4.78, 5) is 12.6. The van der Waals surface area contributed by atoms with Crippen LogP contribution in [-0.2, 0) is 4.79 Å². The average Bonchev–Trinajstić information content (AvgIpc) is 2.50. The van der Waals surface area contributed by atoms with E-state index in [4.69, 9.17) is 0 Å². The van der Waals surface area contributed by atoms with Crippen molar-refractivity contribution >= 4 is 11.6 Å². The van der Waals surface area contributed by atoms with Gasteiger partial charge in [0.2, 0.25) is 5.91 Å². The van der Waals surface area contributed by atoms with Crippen LogP contribution in [0.3, 0.4) is 0 Å². The summed E-state index contributed by atoms with van der Waals surface area (Å²) in [5, 5.41) is 2.88. The zero-order valence-electron chi connectivity index (χ0n) is 12.3. The van der Waals surface area contributed by atoms with Crippen molar-refractivity contribution in [3.8, 4) is 0 Å². The lowest BCUT2D eigenvalue weighted by molar-refractivity contribution is -0.118. The van der Waals surface area contributed by atoms with Crippen LogP contribution in [-0.4, -0.2) is 5.91 Å². The van der Waals surface area contributed by atoms with E-state index in [2.05, 4.69) is 19.2 Å². The highest BCUT2D eigenvalue weighted by atomic mass is 19.1. The van der Waals surface area contributed by atoms with E-state index in [-0.39, 0.29) is 23.6 Å². The number of carbonyl (C=O) groups is 1. The number of rotatable bonds is 5. The molecular formula is C18H20FNO. The van der Waals surface area contributed by atoms with Crippen LogP contribution in [0.15, 0.2) is 54.6 Å². The zero-order valence-corrected chi connectivity index (χ0v) is 12.3. The quantitative estimate of drug-likeness (QED) is 0.855. The van der Waals surface area contributed by atoms with Gasteiger partial charge in [0.05, 0.1) is 5.92 Å². The molecular weight excluding hydrogens is 265 g/mol. The molecule has 1 N–H and O–H groups in total. The molecule has 0 unspecified atom stereocenters. The second-order valence-corrected chi connectivity index (χ2v) is 5.27. The smallest absolute Gasteiger partial charge is 0.232 e. The van der Waals surface area contributed by atoms with Gasteiger partial charge in [-0.3, -0.25) is 4.79 Å². The van der Waals surface area contributed by atoms with Gasteiger partial charge >= 0.3 is 0 Å². The summed E-state index contributed by atoms with van der Waals surface area (Å²) in [7, 11) is 0. The Morgan fingerprint density at radius 1 is 1.10 bits per heavy atom. The number of anilines is 1. The lowest BCUT2D eigenvalue weighted by Gasteiger charge is -2.22. The maximum atomic E-state index is 12.9. The van der Waals surface area contributed by atoms with E-state index in [1.165, 1.54) is 12.1 Å². The number of benzene rings is 2. The largest absolute Gasteiger partial charge is 0.326 e. The van der Waals surface area contributed by atoms with Crippen LogP contribution in [0.1, 0.15) is 31.7 Å². The predicted molar refractivity (Wildman–Crippen MR) is 83.7 cm³/mol. The molecule has 2 nitrogen and oxygen atoms in total. The first kappa shape index (κ1) is 15.2. The number of carbonyl (C=O) groups excluding carboxylic acids is 1. The number of halogens is 1. The Hall–Kier alpha value is -2.16. The van der Waals surface area contributed by atoms with Gasteiger partial charge in [-0.05, 0) is 35.7 Å². The van der Waals surface area contributed by atoms with E-state index in [1.54, 1.807) is 12.1 Å². The minimum absolute atomic E-state index is 0.0536. The molecule has 0 bridgehead atoms. The summed E-state index contributed by atoms with van der Waals surface area (Å²) in [5.74, 6) is -0.342. The summed E-state index contributed by atoms with van der Waals surface area (Å²) in [6.45, 7) is 4.15. The number of nitrogens with one attached hydrogen (secondary N) is 1. The Bertz CT molecular complexity index is 580. The molecule has 0 saturated heterocycles. The Kier molecular flexibility index (Phi) is 5.09. The Morgan fingerprint density at radius 2 is 1.71 bits per heavy atom. The van der Waals surface area contributed by atoms with Crippen LogP contribution in [0.4, 0.5) is 10.1 Å². The fourth-order valence-electron chi connectivity index (χ4n) is 2.39. The zero-order chi connectivity index (χ0) is 15.2. The molecule has 0 aliphatic rings. The van der Waals surface area contributed by atoms with Gasteiger partial charge in [0.25, 0.3) is 0 Å². The molecule has 1 amide bonds. The van der Waals surface area contributed by atoms with E-state index < -0.39 is 0 Å². The van der Waals surface area contributed by atoms with Crippen molar-refractivity contribution in [3.05, 3.63) is 66.0 Å². The first-order valence-corrected chi connectivity index (χ1v) is 7.23. The maximum Gasteiger partial charge on any atom is 0.232 e. The summed E-state index contributed by atoms with van der Waals surface area (Å²) in [6.07, 6.45) is 0.913.